The molecule has 0 spiro atoms. The van der Waals surface area contributed by atoms with E-state index in [0.717, 1.165) is 38.9 Å². The molecule has 0 amide bonds. The van der Waals surface area contributed by atoms with Crippen molar-refractivity contribution in [2.45, 2.75) is 42.0 Å². The van der Waals surface area contributed by atoms with E-state index in [0.29, 0.717) is 0 Å². The predicted molar refractivity (Wildman–Crippen MR) is 58.7 cm³/mol. The molecule has 0 radical (unpaired) electrons. The third-order valence-electron chi connectivity index (χ3n) is 2.81. The lowest BCUT2D eigenvalue weighted by Crippen LogP contribution is -2.42. The van der Waals surface area contributed by atoms with Gasteiger partial charge in [0.2, 0.25) is 0 Å². The van der Waals surface area contributed by atoms with Gasteiger partial charge < -0.3 is 9.47 Å². The predicted octanol–water partition coefficient (Wildman–Crippen LogP) is 1.90. The fourth-order valence-corrected chi connectivity index (χ4v) is 2.85. The highest BCUT2D eigenvalue weighted by Crippen LogP contribution is 2.40. The molecule has 2 nitrogen and oxygen atoms in total. The molecule has 2 atom stereocenters. The molecular weight excluding hydrogens is 204 g/mol. The van der Waals surface area contributed by atoms with Gasteiger partial charge in [-0.25, -0.2) is 0 Å². The molecule has 13 heavy (non-hydrogen) atoms. The first-order valence-corrected chi connectivity index (χ1v) is 5.78. The van der Waals surface area contributed by atoms with E-state index in [9.17, 15) is 0 Å². The zero-order chi connectivity index (χ0) is 9.31. The van der Waals surface area contributed by atoms with Crippen molar-refractivity contribution in [1.29, 1.82) is 0 Å². The molecule has 0 aromatic carbocycles. The highest BCUT2D eigenvalue weighted by molar-refractivity contribution is 8.00. The first kappa shape index (κ1) is 10.1. The summed E-state index contributed by atoms with van der Waals surface area (Å²) >= 11 is 9.18. The lowest BCUT2D eigenvalue weighted by atomic mass is 10.1. The van der Waals surface area contributed by atoms with Crippen LogP contribution in [0.5, 0.6) is 0 Å². The van der Waals surface area contributed by atoms with Crippen LogP contribution in [0.25, 0.3) is 0 Å². The van der Waals surface area contributed by atoms with Crippen LogP contribution in [0.2, 0.25) is 0 Å². The van der Waals surface area contributed by atoms with E-state index in [1.54, 1.807) is 0 Å². The van der Waals surface area contributed by atoms with E-state index < -0.39 is 4.08 Å². The molecule has 4 heteroatoms. The maximum atomic E-state index is 5.60. The van der Waals surface area contributed by atoms with Crippen LogP contribution in [0, 0.1) is 0 Å². The van der Waals surface area contributed by atoms with Gasteiger partial charge in [0.1, 0.15) is 4.08 Å². The molecule has 2 saturated heterocycles. The van der Waals surface area contributed by atoms with Gasteiger partial charge in [-0.05, 0) is 25.7 Å². The summed E-state index contributed by atoms with van der Waals surface area (Å²) in [5.41, 5.74) is 0. The van der Waals surface area contributed by atoms with Gasteiger partial charge in [0, 0.05) is 13.2 Å². The maximum absolute atomic E-state index is 5.60. The largest absolute Gasteiger partial charge is 0.376 e. The first-order valence-electron chi connectivity index (χ1n) is 4.89. The number of ether oxygens (including phenoxy) is 2. The summed E-state index contributed by atoms with van der Waals surface area (Å²) in [4.78, 5) is 0. The van der Waals surface area contributed by atoms with Gasteiger partial charge in [0.25, 0.3) is 0 Å². The Morgan fingerprint density at radius 2 is 1.38 bits per heavy atom. The van der Waals surface area contributed by atoms with Crippen molar-refractivity contribution in [1.82, 2.24) is 0 Å². The number of rotatable bonds is 2. The van der Waals surface area contributed by atoms with Gasteiger partial charge in [-0.2, -0.15) is 25.3 Å². The average Bonchev–Trinajstić information content (AvgIpc) is 2.78. The summed E-state index contributed by atoms with van der Waals surface area (Å²) in [6.07, 6.45) is 4.68. The Morgan fingerprint density at radius 3 is 1.69 bits per heavy atom. The maximum Gasteiger partial charge on any atom is 0.108 e. The Balaban J connectivity index is 1.99. The topological polar surface area (TPSA) is 18.5 Å². The summed E-state index contributed by atoms with van der Waals surface area (Å²) in [5.74, 6) is 0. The molecule has 2 rings (SSSR count). The van der Waals surface area contributed by atoms with Crippen LogP contribution in [0.3, 0.4) is 0 Å². The van der Waals surface area contributed by atoms with Gasteiger partial charge >= 0.3 is 0 Å². The first-order chi connectivity index (χ1) is 6.21. The van der Waals surface area contributed by atoms with Crippen LogP contribution < -0.4 is 0 Å². The Labute approximate surface area is 90.2 Å². The zero-order valence-corrected chi connectivity index (χ0v) is 9.40. The van der Waals surface area contributed by atoms with Crippen LogP contribution in [0.1, 0.15) is 25.7 Å². The zero-order valence-electron chi connectivity index (χ0n) is 7.61. The van der Waals surface area contributed by atoms with Crippen LogP contribution in [0.4, 0.5) is 0 Å². The lowest BCUT2D eigenvalue weighted by Gasteiger charge is -2.33. The molecule has 0 aromatic rings. The van der Waals surface area contributed by atoms with E-state index >= 15 is 0 Å². The Bertz CT molecular complexity index is 154. The summed E-state index contributed by atoms with van der Waals surface area (Å²) in [6, 6.07) is 0. The fourth-order valence-electron chi connectivity index (χ4n) is 2.03. The highest BCUT2D eigenvalue weighted by Gasteiger charge is 2.43. The molecule has 0 saturated carbocycles. The van der Waals surface area contributed by atoms with Crippen molar-refractivity contribution in [2.24, 2.45) is 0 Å². The number of hydrogen-bond donors (Lipinski definition) is 2. The summed E-state index contributed by atoms with van der Waals surface area (Å²) < 4.78 is 10.8. The quantitative estimate of drug-likeness (QED) is 0.547. The van der Waals surface area contributed by atoms with E-state index in [4.69, 9.17) is 9.47 Å². The molecule has 2 heterocycles. The lowest BCUT2D eigenvalue weighted by molar-refractivity contribution is 0.0336. The van der Waals surface area contributed by atoms with Gasteiger partial charge in [-0.15, -0.1) is 0 Å². The van der Waals surface area contributed by atoms with Crippen molar-refractivity contribution in [3.05, 3.63) is 0 Å². The van der Waals surface area contributed by atoms with Crippen LogP contribution in [-0.4, -0.2) is 29.5 Å². The van der Waals surface area contributed by atoms with Gasteiger partial charge in [-0.1, -0.05) is 0 Å². The molecule has 2 aliphatic heterocycles. The van der Waals surface area contributed by atoms with E-state index in [-0.39, 0.29) is 12.2 Å². The van der Waals surface area contributed by atoms with E-state index in [1.807, 2.05) is 0 Å². The molecule has 0 N–H and O–H groups in total. The summed E-state index contributed by atoms with van der Waals surface area (Å²) in [5, 5.41) is 0. The summed E-state index contributed by atoms with van der Waals surface area (Å²) in [6.45, 7) is 1.69. The summed E-state index contributed by atoms with van der Waals surface area (Å²) in [7, 11) is 0. The molecule has 0 aromatic heterocycles. The van der Waals surface area contributed by atoms with Gasteiger partial charge in [0.15, 0.2) is 0 Å². The third-order valence-corrected chi connectivity index (χ3v) is 3.96. The van der Waals surface area contributed by atoms with Gasteiger partial charge in [-0.3, -0.25) is 0 Å². The van der Waals surface area contributed by atoms with Crippen LogP contribution >= 0.6 is 25.3 Å². The monoisotopic (exact) mass is 220 g/mol. The minimum atomic E-state index is -0.396. The Kier molecular flexibility index (Phi) is 3.13. The molecule has 0 aliphatic carbocycles. The van der Waals surface area contributed by atoms with Crippen LogP contribution in [0.15, 0.2) is 0 Å². The Hall–Kier alpha value is 0.620. The molecular formula is C9H16O2S2. The highest BCUT2D eigenvalue weighted by atomic mass is 32.2. The average molecular weight is 220 g/mol. The normalized spacial score (nSPS) is 35.5. The molecule has 76 valence electrons. The van der Waals surface area contributed by atoms with Gasteiger partial charge in [0.05, 0.1) is 12.2 Å². The fraction of sp³-hybridized carbons (Fsp3) is 1.00. The minimum absolute atomic E-state index is 0.155. The Morgan fingerprint density at radius 1 is 0.923 bits per heavy atom. The van der Waals surface area contributed by atoms with E-state index in [1.165, 1.54) is 0 Å². The SMILES string of the molecule is SC(S)(C1CCCO1)C1CCCO1. The molecule has 2 unspecified atom stereocenters. The smallest absolute Gasteiger partial charge is 0.108 e. The second-order valence-electron chi connectivity index (χ2n) is 3.79. The van der Waals surface area contributed by atoms with Crippen molar-refractivity contribution in [3.8, 4) is 0 Å². The molecule has 2 fully saturated rings. The third kappa shape index (κ3) is 2.01. The number of thiol groups is 2. The molecule has 2 aliphatic rings. The standard InChI is InChI=1S/C9H16O2S2/c12-9(13,7-3-1-5-10-7)8-4-2-6-11-8/h7-8,12-13H,1-6H2. The van der Waals surface area contributed by atoms with E-state index in [2.05, 4.69) is 25.3 Å². The van der Waals surface area contributed by atoms with Crippen molar-refractivity contribution in [2.75, 3.05) is 13.2 Å². The van der Waals surface area contributed by atoms with Crippen molar-refractivity contribution < 1.29 is 9.47 Å². The second-order valence-corrected chi connectivity index (χ2v) is 5.62. The molecule has 0 bridgehead atoms. The van der Waals surface area contributed by atoms with Crippen molar-refractivity contribution >= 4 is 25.3 Å². The second kappa shape index (κ2) is 4.01. The number of hydrogen-bond acceptors (Lipinski definition) is 4. The van der Waals surface area contributed by atoms with Crippen molar-refractivity contribution in [3.63, 3.8) is 0 Å². The van der Waals surface area contributed by atoms with Crippen LogP contribution in [-0.2, 0) is 9.47 Å². The minimum Gasteiger partial charge on any atom is -0.376 e.